The van der Waals surface area contributed by atoms with Gasteiger partial charge in [-0.15, -0.1) is 0 Å². The third kappa shape index (κ3) is 4.73. The third-order valence-electron chi connectivity index (χ3n) is 3.66. The van der Waals surface area contributed by atoms with E-state index in [1.165, 1.54) is 6.92 Å². The van der Waals surface area contributed by atoms with Crippen molar-refractivity contribution in [1.82, 2.24) is 0 Å². The number of hydrogen-bond donors (Lipinski definition) is 2. The largest absolute Gasteiger partial charge is 0.497 e. The quantitative estimate of drug-likeness (QED) is 0.755. The van der Waals surface area contributed by atoms with Crippen molar-refractivity contribution >= 4 is 23.1 Å². The Morgan fingerprint density at radius 2 is 1.68 bits per heavy atom. The predicted octanol–water partition coefficient (Wildman–Crippen LogP) is 3.35. The molecular formula is C19H22N2O4. The number of carbonyl (C=O) groups excluding carboxylic acids is 2. The number of amides is 1. The maximum absolute atomic E-state index is 12.6. The summed E-state index contributed by atoms with van der Waals surface area (Å²) in [6.07, 6.45) is 0. The molecule has 2 rings (SSSR count). The summed E-state index contributed by atoms with van der Waals surface area (Å²) in [5.41, 5.74) is 1.92. The molecule has 0 saturated carbocycles. The van der Waals surface area contributed by atoms with Crippen LogP contribution in [0, 0.1) is 0 Å². The minimum atomic E-state index is -0.450. The number of hydrogen-bond acceptors (Lipinski definition) is 5. The molecule has 0 heterocycles. The monoisotopic (exact) mass is 342 g/mol. The number of nitrogens with one attached hydrogen (secondary N) is 2. The number of rotatable bonds is 7. The standard InChI is InChI=1S/C19H22N2O4/c1-12(20-17-10-9-16(24-3)11-18(17)25-4)19(23)14-5-7-15(8-6-14)21-13(2)22/h5-12,20H,1-4H3,(H,21,22)/t12-/m1/s1. The average Bonchev–Trinajstić information content (AvgIpc) is 2.61. The zero-order chi connectivity index (χ0) is 18.4. The van der Waals surface area contributed by atoms with Crippen LogP contribution < -0.4 is 20.1 Å². The summed E-state index contributed by atoms with van der Waals surface area (Å²) >= 11 is 0. The highest BCUT2D eigenvalue weighted by Crippen LogP contribution is 2.29. The van der Waals surface area contributed by atoms with Crippen LogP contribution in [0.4, 0.5) is 11.4 Å². The lowest BCUT2D eigenvalue weighted by Crippen LogP contribution is -2.26. The first kappa shape index (κ1) is 18.3. The van der Waals surface area contributed by atoms with Crippen LogP contribution in [-0.4, -0.2) is 32.0 Å². The van der Waals surface area contributed by atoms with Gasteiger partial charge in [0, 0.05) is 24.2 Å². The van der Waals surface area contributed by atoms with E-state index in [9.17, 15) is 9.59 Å². The van der Waals surface area contributed by atoms with Gasteiger partial charge in [0.1, 0.15) is 11.5 Å². The zero-order valence-electron chi connectivity index (χ0n) is 14.8. The Morgan fingerprint density at radius 1 is 1.00 bits per heavy atom. The summed E-state index contributed by atoms with van der Waals surface area (Å²) in [5, 5.41) is 5.83. The van der Waals surface area contributed by atoms with E-state index < -0.39 is 6.04 Å². The van der Waals surface area contributed by atoms with Crippen molar-refractivity contribution in [3.63, 3.8) is 0 Å². The minimum absolute atomic E-state index is 0.0627. The van der Waals surface area contributed by atoms with Gasteiger partial charge in [-0.25, -0.2) is 0 Å². The van der Waals surface area contributed by atoms with Crippen molar-refractivity contribution in [1.29, 1.82) is 0 Å². The van der Waals surface area contributed by atoms with E-state index in [2.05, 4.69) is 10.6 Å². The van der Waals surface area contributed by atoms with Gasteiger partial charge in [-0.05, 0) is 43.3 Å². The lowest BCUT2D eigenvalue weighted by molar-refractivity contribution is -0.114. The van der Waals surface area contributed by atoms with Crippen molar-refractivity contribution in [2.24, 2.45) is 0 Å². The molecule has 132 valence electrons. The molecule has 0 aliphatic carbocycles. The van der Waals surface area contributed by atoms with Gasteiger partial charge in [-0.2, -0.15) is 0 Å². The van der Waals surface area contributed by atoms with Crippen LogP contribution in [0.1, 0.15) is 24.2 Å². The SMILES string of the molecule is COc1ccc(N[C@H](C)C(=O)c2ccc(NC(C)=O)cc2)c(OC)c1. The molecule has 0 unspecified atom stereocenters. The molecular weight excluding hydrogens is 320 g/mol. The number of ether oxygens (including phenoxy) is 2. The summed E-state index contributed by atoms with van der Waals surface area (Å²) in [4.78, 5) is 23.6. The minimum Gasteiger partial charge on any atom is -0.497 e. The van der Waals surface area contributed by atoms with Crippen molar-refractivity contribution in [2.45, 2.75) is 19.9 Å². The Hall–Kier alpha value is -3.02. The number of ketones is 1. The van der Waals surface area contributed by atoms with Crippen molar-refractivity contribution < 1.29 is 19.1 Å². The van der Waals surface area contributed by atoms with Gasteiger partial charge in [-0.1, -0.05) is 0 Å². The highest BCUT2D eigenvalue weighted by molar-refractivity contribution is 6.02. The van der Waals surface area contributed by atoms with Gasteiger partial charge in [0.25, 0.3) is 0 Å². The molecule has 2 aromatic carbocycles. The van der Waals surface area contributed by atoms with Gasteiger partial charge in [-0.3, -0.25) is 9.59 Å². The van der Waals surface area contributed by atoms with Crippen molar-refractivity contribution in [3.8, 4) is 11.5 Å². The number of benzene rings is 2. The maximum atomic E-state index is 12.6. The van der Waals surface area contributed by atoms with Gasteiger partial charge in [0.15, 0.2) is 5.78 Å². The molecule has 2 N–H and O–H groups in total. The summed E-state index contributed by atoms with van der Waals surface area (Å²) < 4.78 is 10.5. The number of carbonyl (C=O) groups is 2. The van der Waals surface area contributed by atoms with E-state index in [4.69, 9.17) is 9.47 Å². The summed E-state index contributed by atoms with van der Waals surface area (Å²) in [5.74, 6) is 1.06. The van der Waals surface area contributed by atoms with Crippen LogP contribution in [0.25, 0.3) is 0 Å². The van der Waals surface area contributed by atoms with Crippen LogP contribution in [0.2, 0.25) is 0 Å². The third-order valence-corrected chi connectivity index (χ3v) is 3.66. The number of anilines is 2. The van der Waals surface area contributed by atoms with E-state index in [-0.39, 0.29) is 11.7 Å². The van der Waals surface area contributed by atoms with Crippen molar-refractivity contribution in [3.05, 3.63) is 48.0 Å². The van der Waals surface area contributed by atoms with Crippen LogP contribution in [0.5, 0.6) is 11.5 Å². The summed E-state index contributed by atoms with van der Waals surface area (Å²) in [6.45, 7) is 3.22. The smallest absolute Gasteiger partial charge is 0.221 e. The highest BCUT2D eigenvalue weighted by Gasteiger charge is 2.17. The summed E-state index contributed by atoms with van der Waals surface area (Å²) in [7, 11) is 3.14. The van der Waals surface area contributed by atoms with Gasteiger partial charge in [0.05, 0.1) is 25.9 Å². The second kappa shape index (κ2) is 8.19. The molecule has 0 aliphatic rings. The van der Waals surface area contributed by atoms with Crippen LogP contribution in [0.3, 0.4) is 0 Å². The first-order valence-electron chi connectivity index (χ1n) is 7.85. The van der Waals surface area contributed by atoms with Crippen LogP contribution in [-0.2, 0) is 4.79 Å². The molecule has 0 saturated heterocycles. The molecule has 1 amide bonds. The van der Waals surface area contributed by atoms with Crippen molar-refractivity contribution in [2.75, 3.05) is 24.9 Å². The Bertz CT molecular complexity index is 757. The Labute approximate surface area is 147 Å². The molecule has 0 radical (unpaired) electrons. The van der Waals surface area contributed by atoms with E-state index >= 15 is 0 Å². The van der Waals surface area contributed by atoms with Gasteiger partial charge < -0.3 is 20.1 Å². The van der Waals surface area contributed by atoms with Crippen LogP contribution in [0.15, 0.2) is 42.5 Å². The zero-order valence-corrected chi connectivity index (χ0v) is 14.8. The molecule has 0 aromatic heterocycles. The van der Waals surface area contributed by atoms with E-state index in [0.29, 0.717) is 28.4 Å². The fraction of sp³-hybridized carbons (Fsp3) is 0.263. The fourth-order valence-corrected chi connectivity index (χ4v) is 2.39. The van der Waals surface area contributed by atoms with Gasteiger partial charge in [0.2, 0.25) is 5.91 Å². The molecule has 0 aliphatic heterocycles. The molecule has 0 spiro atoms. The van der Waals surface area contributed by atoms with E-state index in [0.717, 1.165) is 0 Å². The number of methoxy groups -OCH3 is 2. The first-order valence-corrected chi connectivity index (χ1v) is 7.85. The average molecular weight is 342 g/mol. The Kier molecular flexibility index (Phi) is 6.00. The fourth-order valence-electron chi connectivity index (χ4n) is 2.39. The topological polar surface area (TPSA) is 76.7 Å². The highest BCUT2D eigenvalue weighted by atomic mass is 16.5. The molecule has 0 bridgehead atoms. The Morgan fingerprint density at radius 3 is 2.24 bits per heavy atom. The second-order valence-electron chi connectivity index (χ2n) is 5.56. The summed E-state index contributed by atoms with van der Waals surface area (Å²) in [6, 6.07) is 11.7. The normalized spacial score (nSPS) is 11.4. The molecule has 1 atom stereocenters. The van der Waals surface area contributed by atoms with Gasteiger partial charge >= 0.3 is 0 Å². The second-order valence-corrected chi connectivity index (χ2v) is 5.56. The van der Waals surface area contributed by atoms with Crippen LogP contribution >= 0.6 is 0 Å². The molecule has 6 heteroatoms. The molecule has 2 aromatic rings. The molecule has 25 heavy (non-hydrogen) atoms. The Balaban J connectivity index is 2.11. The van der Waals surface area contributed by atoms with E-state index in [1.807, 2.05) is 0 Å². The first-order chi connectivity index (χ1) is 11.9. The molecule has 0 fully saturated rings. The lowest BCUT2D eigenvalue weighted by Gasteiger charge is -2.17. The van der Waals surface area contributed by atoms with E-state index in [1.54, 1.807) is 63.6 Å². The number of Topliss-reactive ketones (excluding diaryl/α,β-unsaturated/α-hetero) is 1. The molecule has 6 nitrogen and oxygen atoms in total. The maximum Gasteiger partial charge on any atom is 0.221 e. The predicted molar refractivity (Wildman–Crippen MR) is 97.7 cm³/mol. The lowest BCUT2D eigenvalue weighted by atomic mass is 10.0.